The van der Waals surface area contributed by atoms with E-state index >= 15 is 0 Å². The molecule has 2 heterocycles. The third-order valence-corrected chi connectivity index (χ3v) is 9.40. The highest BCUT2D eigenvalue weighted by molar-refractivity contribution is 9.09. The van der Waals surface area contributed by atoms with E-state index in [2.05, 4.69) is 15.9 Å². The van der Waals surface area contributed by atoms with Gasteiger partial charge < -0.3 is 10.8 Å². The van der Waals surface area contributed by atoms with Gasteiger partial charge in [-0.15, -0.1) is 23.2 Å². The SMILES string of the molecule is NC(=O)N1C(=O)[C@H]2[C@H](CC=C3[C@H]2C[C@@]2(Cl)C(=O)N(CBr)C(=O)[C@@]2(Cl)[C@H]3c2ccccc2O)C1=O. The molecule has 3 fully saturated rings. The number of hydrogen-bond donors (Lipinski definition) is 2. The monoisotopic (exact) mass is 569 g/mol. The van der Waals surface area contributed by atoms with Gasteiger partial charge in [0.15, 0.2) is 9.75 Å². The van der Waals surface area contributed by atoms with E-state index in [1.807, 2.05) is 0 Å². The second-order valence-electron chi connectivity index (χ2n) is 8.90. The molecular weight excluding hydrogens is 553 g/mol. The minimum atomic E-state index is -2.00. The fourth-order valence-electron chi connectivity index (χ4n) is 6.05. The molecule has 34 heavy (non-hydrogen) atoms. The van der Waals surface area contributed by atoms with Crippen LogP contribution < -0.4 is 5.73 Å². The minimum absolute atomic E-state index is 0.0987. The summed E-state index contributed by atoms with van der Waals surface area (Å²) in [6, 6.07) is 5.05. The number of urea groups is 1. The fraction of sp³-hybridized carbons (Fsp3) is 0.409. The van der Waals surface area contributed by atoms with Gasteiger partial charge in [0.1, 0.15) is 5.75 Å². The number of para-hydroxylation sites is 1. The zero-order valence-electron chi connectivity index (χ0n) is 17.4. The molecule has 5 rings (SSSR count). The molecule has 2 saturated heterocycles. The number of carbonyl (C=O) groups is 5. The van der Waals surface area contributed by atoms with E-state index in [4.69, 9.17) is 28.9 Å². The number of phenols is 1. The minimum Gasteiger partial charge on any atom is -0.508 e. The van der Waals surface area contributed by atoms with Crippen molar-refractivity contribution >= 4 is 68.8 Å². The van der Waals surface area contributed by atoms with Crippen molar-refractivity contribution in [3.63, 3.8) is 0 Å². The number of alkyl halides is 3. The number of hydrogen-bond acceptors (Lipinski definition) is 6. The zero-order valence-corrected chi connectivity index (χ0v) is 20.5. The Morgan fingerprint density at radius 1 is 1.12 bits per heavy atom. The van der Waals surface area contributed by atoms with Crippen molar-refractivity contribution in [2.45, 2.75) is 28.5 Å². The number of nitrogens with zero attached hydrogens (tertiary/aromatic N) is 2. The number of amides is 6. The molecule has 9 nitrogen and oxygen atoms in total. The van der Waals surface area contributed by atoms with E-state index in [0.717, 1.165) is 4.90 Å². The number of halogens is 3. The number of primary amides is 1. The van der Waals surface area contributed by atoms with Crippen LogP contribution in [-0.4, -0.2) is 59.8 Å². The second-order valence-corrected chi connectivity index (χ2v) is 10.6. The van der Waals surface area contributed by atoms with Gasteiger partial charge in [0.25, 0.3) is 11.8 Å². The Balaban J connectivity index is 1.75. The van der Waals surface area contributed by atoms with Gasteiger partial charge in [-0.3, -0.25) is 24.1 Å². The molecule has 1 saturated carbocycles. The molecule has 0 aromatic heterocycles. The molecule has 12 heteroatoms. The summed E-state index contributed by atoms with van der Waals surface area (Å²) in [6.07, 6.45) is 1.59. The number of nitrogens with two attached hydrogens (primary N) is 1. The number of benzene rings is 1. The van der Waals surface area contributed by atoms with Crippen LogP contribution in [0, 0.1) is 17.8 Å². The molecule has 2 aliphatic carbocycles. The van der Waals surface area contributed by atoms with Crippen molar-refractivity contribution < 1.29 is 29.1 Å². The largest absolute Gasteiger partial charge is 0.508 e. The average molecular weight is 571 g/mol. The molecule has 1 aromatic carbocycles. The number of phenolic OH excluding ortho intramolecular Hbond substituents is 1. The van der Waals surface area contributed by atoms with Crippen LogP contribution in [0.5, 0.6) is 5.75 Å². The second kappa shape index (κ2) is 7.53. The predicted molar refractivity (Wildman–Crippen MR) is 123 cm³/mol. The number of carbonyl (C=O) groups excluding carboxylic acids is 5. The molecule has 2 aliphatic heterocycles. The summed E-state index contributed by atoms with van der Waals surface area (Å²) < 4.78 is 0. The maximum absolute atomic E-state index is 13.5. The smallest absolute Gasteiger partial charge is 0.328 e. The number of imide groups is 4. The summed E-state index contributed by atoms with van der Waals surface area (Å²) in [4.78, 5) is 62.1. The van der Waals surface area contributed by atoms with Crippen molar-refractivity contribution in [1.29, 1.82) is 0 Å². The Hall–Kier alpha value is -2.43. The molecule has 3 N–H and O–H groups in total. The van der Waals surface area contributed by atoms with E-state index in [1.54, 1.807) is 24.3 Å². The van der Waals surface area contributed by atoms with Crippen LogP contribution in [0.3, 0.4) is 0 Å². The van der Waals surface area contributed by atoms with Gasteiger partial charge in [-0.05, 0) is 24.8 Å². The van der Waals surface area contributed by atoms with Gasteiger partial charge in [0.2, 0.25) is 11.8 Å². The first kappa shape index (κ1) is 23.3. The van der Waals surface area contributed by atoms with Crippen LogP contribution in [0.15, 0.2) is 35.9 Å². The highest BCUT2D eigenvalue weighted by atomic mass is 79.9. The topological polar surface area (TPSA) is 138 Å². The van der Waals surface area contributed by atoms with Crippen molar-refractivity contribution in [2.24, 2.45) is 23.5 Å². The Morgan fingerprint density at radius 3 is 2.41 bits per heavy atom. The normalized spacial score (nSPS) is 36.9. The van der Waals surface area contributed by atoms with Crippen molar-refractivity contribution in [3.05, 3.63) is 41.5 Å². The van der Waals surface area contributed by atoms with E-state index in [9.17, 15) is 29.1 Å². The van der Waals surface area contributed by atoms with Gasteiger partial charge in [-0.2, -0.15) is 4.90 Å². The van der Waals surface area contributed by atoms with Gasteiger partial charge in [0.05, 0.1) is 17.3 Å². The third-order valence-electron chi connectivity index (χ3n) is 7.48. The van der Waals surface area contributed by atoms with Crippen molar-refractivity contribution in [3.8, 4) is 5.75 Å². The quantitative estimate of drug-likeness (QED) is 0.242. The summed E-state index contributed by atoms with van der Waals surface area (Å²) >= 11 is 17.1. The fourth-order valence-corrected chi connectivity index (χ4v) is 7.46. The van der Waals surface area contributed by atoms with Crippen LogP contribution in [0.2, 0.25) is 0 Å². The first-order valence-electron chi connectivity index (χ1n) is 10.5. The number of aromatic hydroxyl groups is 1. The Kier molecular flexibility index (Phi) is 5.17. The highest BCUT2D eigenvalue weighted by Gasteiger charge is 2.76. The molecule has 4 aliphatic rings. The third kappa shape index (κ3) is 2.64. The summed E-state index contributed by atoms with van der Waals surface area (Å²) in [5.74, 6) is -6.85. The number of rotatable bonds is 2. The Bertz CT molecular complexity index is 1220. The lowest BCUT2D eigenvalue weighted by atomic mass is 9.56. The average Bonchev–Trinajstić information content (AvgIpc) is 3.13. The molecule has 6 amide bonds. The predicted octanol–water partition coefficient (Wildman–Crippen LogP) is 2.18. The molecule has 1 aromatic rings. The summed E-state index contributed by atoms with van der Waals surface area (Å²) in [7, 11) is 0. The lowest BCUT2D eigenvalue weighted by molar-refractivity contribution is -0.139. The Morgan fingerprint density at radius 2 is 1.79 bits per heavy atom. The lowest BCUT2D eigenvalue weighted by Gasteiger charge is -2.50. The first-order valence-corrected chi connectivity index (χ1v) is 12.3. The summed E-state index contributed by atoms with van der Waals surface area (Å²) in [6.45, 7) is 0. The van der Waals surface area contributed by atoms with Crippen LogP contribution in [0.1, 0.15) is 24.3 Å². The number of allylic oxidation sites excluding steroid dienone is 2. The van der Waals surface area contributed by atoms with Gasteiger partial charge in [0, 0.05) is 11.5 Å². The van der Waals surface area contributed by atoms with Gasteiger partial charge >= 0.3 is 6.03 Å². The molecule has 0 radical (unpaired) electrons. The summed E-state index contributed by atoms with van der Waals surface area (Å²) in [5.41, 5.74) is 5.91. The molecule has 0 spiro atoms. The maximum Gasteiger partial charge on any atom is 0.328 e. The zero-order chi connectivity index (χ0) is 24.7. The highest BCUT2D eigenvalue weighted by Crippen LogP contribution is 2.66. The van der Waals surface area contributed by atoms with E-state index in [0.29, 0.717) is 10.5 Å². The van der Waals surface area contributed by atoms with Crippen molar-refractivity contribution in [2.75, 3.05) is 5.45 Å². The van der Waals surface area contributed by atoms with E-state index in [1.165, 1.54) is 6.07 Å². The van der Waals surface area contributed by atoms with E-state index in [-0.39, 0.29) is 29.6 Å². The van der Waals surface area contributed by atoms with Crippen LogP contribution in [-0.2, 0) is 19.2 Å². The molecular formula is C22H18BrCl2N3O6. The molecule has 178 valence electrons. The first-order chi connectivity index (χ1) is 16.0. The van der Waals surface area contributed by atoms with Gasteiger partial charge in [-0.1, -0.05) is 45.8 Å². The standard InChI is InChI=1S/C22H18BrCl2N3O6/c23-8-27-18(32)21(24)7-12-9(5-6-11-14(12)17(31)28(16(11)30)20(26)34)15(22(21,25)19(27)33)10-3-1-2-4-13(10)29/h1-5,11-12,14-15,29H,6-8H2,(H2,26,34)/t11-,12+,14-,15+,21+,22-/m0/s1. The lowest BCUT2D eigenvalue weighted by Crippen LogP contribution is -2.60. The van der Waals surface area contributed by atoms with Crippen LogP contribution in [0.25, 0.3) is 0 Å². The molecule has 0 unspecified atom stereocenters. The Labute approximate surface area is 211 Å². The van der Waals surface area contributed by atoms with Gasteiger partial charge in [-0.25, -0.2) is 4.79 Å². The summed E-state index contributed by atoms with van der Waals surface area (Å²) in [5, 5.41) is 10.7. The maximum atomic E-state index is 13.5. The molecule has 0 bridgehead atoms. The molecule has 6 atom stereocenters. The number of fused-ring (bicyclic) bond motifs is 4. The van der Waals surface area contributed by atoms with Crippen molar-refractivity contribution in [1.82, 2.24) is 9.80 Å². The number of likely N-dealkylation sites (tertiary alicyclic amines) is 2. The van der Waals surface area contributed by atoms with Crippen LogP contribution in [0.4, 0.5) is 4.79 Å². The van der Waals surface area contributed by atoms with Crippen LogP contribution >= 0.6 is 39.1 Å². The van der Waals surface area contributed by atoms with E-state index < -0.39 is 63.1 Å².